The Labute approximate surface area is 156 Å². The summed E-state index contributed by atoms with van der Waals surface area (Å²) in [5, 5.41) is 3.70. The van der Waals surface area contributed by atoms with Crippen molar-refractivity contribution in [3.63, 3.8) is 0 Å². The van der Waals surface area contributed by atoms with E-state index in [4.69, 9.17) is 0 Å². The van der Waals surface area contributed by atoms with Crippen molar-refractivity contribution in [2.75, 3.05) is 5.32 Å². The predicted molar refractivity (Wildman–Crippen MR) is 98.3 cm³/mol. The van der Waals surface area contributed by atoms with E-state index >= 15 is 0 Å². The van der Waals surface area contributed by atoms with Gasteiger partial charge in [0.15, 0.2) is 10.8 Å². The number of fused-ring (bicyclic) bond motifs is 1. The van der Waals surface area contributed by atoms with Gasteiger partial charge in [-0.2, -0.15) is 13.2 Å². The van der Waals surface area contributed by atoms with Gasteiger partial charge in [0.2, 0.25) is 0 Å². The molecule has 0 bridgehead atoms. The Balaban J connectivity index is 1.82. The number of thiazole rings is 1. The fraction of sp³-hybridized carbons (Fsp3) is 0.167. The summed E-state index contributed by atoms with van der Waals surface area (Å²) in [4.78, 5) is 13.6. The van der Waals surface area contributed by atoms with Crippen LogP contribution in [0, 0.1) is 13.8 Å². The molecule has 0 spiro atoms. The van der Waals surface area contributed by atoms with Crippen LogP contribution in [0.5, 0.6) is 0 Å². The molecule has 0 aliphatic rings. The number of aromatic nitrogens is 4. The number of halogens is 3. The summed E-state index contributed by atoms with van der Waals surface area (Å²) in [6.07, 6.45) is -3.04. The minimum atomic E-state index is -4.59. The maximum absolute atomic E-state index is 13.5. The molecule has 0 saturated heterocycles. The third-order valence-electron chi connectivity index (χ3n) is 4.05. The Kier molecular flexibility index (Phi) is 4.11. The van der Waals surface area contributed by atoms with Crippen LogP contribution in [-0.2, 0) is 6.18 Å². The Hall–Kier alpha value is -2.94. The van der Waals surface area contributed by atoms with E-state index in [9.17, 15) is 13.2 Å². The number of rotatable bonds is 3. The van der Waals surface area contributed by atoms with Crippen LogP contribution in [-0.4, -0.2) is 19.4 Å². The number of hydrogen-bond donors (Lipinski definition) is 1. The molecule has 0 saturated carbocycles. The Morgan fingerprint density at radius 3 is 2.52 bits per heavy atom. The zero-order valence-electron chi connectivity index (χ0n) is 14.4. The molecule has 4 aromatic rings. The minimum absolute atomic E-state index is 0.0896. The number of alkyl halides is 3. The maximum Gasteiger partial charge on any atom is 0.435 e. The first kappa shape index (κ1) is 17.5. The molecule has 0 radical (unpaired) electrons. The normalized spacial score (nSPS) is 11.9. The molecule has 1 N–H and O–H groups in total. The van der Waals surface area contributed by atoms with E-state index in [-0.39, 0.29) is 17.0 Å². The second kappa shape index (κ2) is 6.34. The highest BCUT2D eigenvalue weighted by Gasteiger charge is 2.38. The van der Waals surface area contributed by atoms with Crippen molar-refractivity contribution in [2.45, 2.75) is 20.0 Å². The van der Waals surface area contributed by atoms with Gasteiger partial charge >= 0.3 is 6.18 Å². The van der Waals surface area contributed by atoms with Crippen molar-refractivity contribution in [3.05, 3.63) is 58.9 Å². The number of anilines is 2. The number of aryl methyl sites for hydroxylation is 2. The molecule has 0 aliphatic carbocycles. The monoisotopic (exact) mass is 389 g/mol. The number of imidazole rings is 1. The fourth-order valence-electron chi connectivity index (χ4n) is 2.71. The zero-order valence-corrected chi connectivity index (χ0v) is 15.2. The minimum Gasteiger partial charge on any atom is -0.316 e. The predicted octanol–water partition coefficient (Wildman–Crippen LogP) is 5.23. The van der Waals surface area contributed by atoms with E-state index in [1.54, 1.807) is 30.5 Å². The molecular formula is C18H14F3N5S. The first-order valence-electron chi connectivity index (χ1n) is 8.05. The lowest BCUT2D eigenvalue weighted by Crippen LogP contribution is -2.08. The van der Waals surface area contributed by atoms with Crippen LogP contribution in [0.25, 0.3) is 17.0 Å². The average molecular weight is 389 g/mol. The van der Waals surface area contributed by atoms with E-state index in [2.05, 4.69) is 20.3 Å². The van der Waals surface area contributed by atoms with E-state index in [1.165, 1.54) is 27.9 Å². The van der Waals surface area contributed by atoms with E-state index in [0.29, 0.717) is 10.9 Å². The summed E-state index contributed by atoms with van der Waals surface area (Å²) in [6, 6.07) is 9.70. The Morgan fingerprint density at radius 1 is 1.00 bits per heavy atom. The second-order valence-electron chi connectivity index (χ2n) is 5.93. The second-order valence-corrected chi connectivity index (χ2v) is 7.13. The van der Waals surface area contributed by atoms with E-state index in [0.717, 1.165) is 10.6 Å². The summed E-state index contributed by atoms with van der Waals surface area (Å²) in [6.45, 7) is 3.85. The molecule has 0 aromatic carbocycles. The average Bonchev–Trinajstić information content (AvgIpc) is 3.15. The SMILES string of the molecule is Cc1nc(Nc2cccc(-c3c(C(F)(F)F)nc4ccccn34)n2)sc1C. The van der Waals surface area contributed by atoms with Gasteiger partial charge in [-0.15, -0.1) is 11.3 Å². The van der Waals surface area contributed by atoms with Gasteiger partial charge in [-0.3, -0.25) is 4.40 Å². The fourth-order valence-corrected chi connectivity index (χ4v) is 3.53. The third-order valence-corrected chi connectivity index (χ3v) is 5.04. The lowest BCUT2D eigenvalue weighted by molar-refractivity contribution is -0.140. The van der Waals surface area contributed by atoms with Crippen molar-refractivity contribution in [2.24, 2.45) is 0 Å². The maximum atomic E-state index is 13.5. The molecule has 138 valence electrons. The number of nitrogens with zero attached hydrogens (tertiary/aromatic N) is 4. The van der Waals surface area contributed by atoms with Crippen molar-refractivity contribution < 1.29 is 13.2 Å². The van der Waals surface area contributed by atoms with E-state index < -0.39 is 11.9 Å². The van der Waals surface area contributed by atoms with Crippen molar-refractivity contribution >= 4 is 27.9 Å². The van der Waals surface area contributed by atoms with Gasteiger partial charge in [-0.1, -0.05) is 12.1 Å². The lowest BCUT2D eigenvalue weighted by atomic mass is 10.2. The molecule has 27 heavy (non-hydrogen) atoms. The molecule has 0 aliphatic heterocycles. The molecule has 9 heteroatoms. The highest BCUT2D eigenvalue weighted by atomic mass is 32.1. The largest absolute Gasteiger partial charge is 0.435 e. The summed E-state index contributed by atoms with van der Waals surface area (Å²) in [5.41, 5.74) is 0.245. The van der Waals surface area contributed by atoms with Crippen LogP contribution in [0.4, 0.5) is 24.1 Å². The highest BCUT2D eigenvalue weighted by molar-refractivity contribution is 7.15. The van der Waals surface area contributed by atoms with Gasteiger partial charge in [0.25, 0.3) is 0 Å². The van der Waals surface area contributed by atoms with Crippen LogP contribution >= 0.6 is 11.3 Å². The van der Waals surface area contributed by atoms with Gasteiger partial charge in [0.1, 0.15) is 17.2 Å². The number of pyridine rings is 2. The first-order valence-corrected chi connectivity index (χ1v) is 8.87. The van der Waals surface area contributed by atoms with E-state index in [1.807, 2.05) is 13.8 Å². The molecule has 4 aromatic heterocycles. The number of hydrogen-bond acceptors (Lipinski definition) is 5. The van der Waals surface area contributed by atoms with Crippen molar-refractivity contribution in [1.29, 1.82) is 0 Å². The van der Waals surface area contributed by atoms with Crippen LogP contribution in [0.15, 0.2) is 42.6 Å². The molecule has 0 unspecified atom stereocenters. The van der Waals surface area contributed by atoms with Crippen LogP contribution in [0.1, 0.15) is 16.3 Å². The smallest absolute Gasteiger partial charge is 0.316 e. The quantitative estimate of drug-likeness (QED) is 0.521. The molecule has 4 rings (SSSR count). The van der Waals surface area contributed by atoms with Crippen LogP contribution in [0.3, 0.4) is 0 Å². The zero-order chi connectivity index (χ0) is 19.2. The van der Waals surface area contributed by atoms with Gasteiger partial charge in [0.05, 0.1) is 11.4 Å². The Bertz CT molecular complexity index is 1110. The molecule has 5 nitrogen and oxygen atoms in total. The van der Waals surface area contributed by atoms with Gasteiger partial charge in [-0.05, 0) is 38.1 Å². The first-order chi connectivity index (χ1) is 12.8. The lowest BCUT2D eigenvalue weighted by Gasteiger charge is -2.09. The highest BCUT2D eigenvalue weighted by Crippen LogP contribution is 2.37. The molecule has 0 amide bonds. The van der Waals surface area contributed by atoms with Gasteiger partial charge < -0.3 is 5.32 Å². The molecule has 4 heterocycles. The molecule has 0 fully saturated rings. The van der Waals surface area contributed by atoms with Gasteiger partial charge in [0, 0.05) is 11.1 Å². The van der Waals surface area contributed by atoms with Gasteiger partial charge in [-0.25, -0.2) is 15.0 Å². The van der Waals surface area contributed by atoms with Crippen molar-refractivity contribution in [1.82, 2.24) is 19.4 Å². The van der Waals surface area contributed by atoms with Crippen molar-refractivity contribution in [3.8, 4) is 11.4 Å². The summed E-state index contributed by atoms with van der Waals surface area (Å²) < 4.78 is 42.0. The summed E-state index contributed by atoms with van der Waals surface area (Å²) >= 11 is 1.46. The molecular weight excluding hydrogens is 375 g/mol. The third kappa shape index (κ3) is 3.25. The van der Waals surface area contributed by atoms with Crippen LogP contribution < -0.4 is 5.32 Å². The topological polar surface area (TPSA) is 55.1 Å². The number of nitrogens with one attached hydrogen (secondary N) is 1. The standard InChI is InChI=1S/C18H14F3N5S/c1-10-11(2)27-17(22-10)24-13-7-5-6-12(23-13)15-16(18(19,20)21)25-14-8-3-4-9-26(14)15/h3-9H,1-2H3,(H,22,23,24). The molecule has 0 atom stereocenters. The van der Waals surface area contributed by atoms with Crippen LogP contribution in [0.2, 0.25) is 0 Å². The summed E-state index contributed by atoms with van der Waals surface area (Å²) in [7, 11) is 0. The summed E-state index contributed by atoms with van der Waals surface area (Å²) in [5.74, 6) is 0.417. The Morgan fingerprint density at radius 2 is 1.81 bits per heavy atom.